The first-order valence-corrected chi connectivity index (χ1v) is 9.23. The van der Waals surface area contributed by atoms with Crippen molar-refractivity contribution >= 4 is 34.7 Å². The molecule has 2 aromatic rings. The van der Waals surface area contributed by atoms with E-state index in [0.29, 0.717) is 18.2 Å². The molecule has 6 nitrogen and oxygen atoms in total. The number of nitrogens with one attached hydrogen (secondary N) is 2. The number of fused-ring (bicyclic) bond motifs is 1. The Bertz CT molecular complexity index is 790. The predicted octanol–water partition coefficient (Wildman–Crippen LogP) is 2.97. The van der Waals surface area contributed by atoms with Gasteiger partial charge in [0.1, 0.15) is 6.54 Å². The highest BCUT2D eigenvalue weighted by Gasteiger charge is 2.29. The zero-order valence-electron chi connectivity index (χ0n) is 13.6. The van der Waals surface area contributed by atoms with Gasteiger partial charge >= 0.3 is 0 Å². The van der Waals surface area contributed by atoms with Crippen molar-refractivity contribution in [2.75, 3.05) is 16.8 Å². The zero-order chi connectivity index (χ0) is 16.7. The molecule has 126 valence electrons. The maximum absolute atomic E-state index is 12.5. The molecular weight excluding hydrogens is 324 g/mol. The molecule has 1 fully saturated rings. The zero-order valence-corrected chi connectivity index (χ0v) is 14.4. The Hall–Kier alpha value is -2.15. The van der Waals surface area contributed by atoms with Gasteiger partial charge in [0.2, 0.25) is 11.8 Å². The topological polar surface area (TPSA) is 78.1 Å². The van der Waals surface area contributed by atoms with Crippen LogP contribution in [0.25, 0.3) is 0 Å². The number of aromatic amines is 1. The molecule has 0 radical (unpaired) electrons. The van der Waals surface area contributed by atoms with Gasteiger partial charge in [0.15, 0.2) is 5.82 Å². The molecule has 7 heteroatoms. The van der Waals surface area contributed by atoms with E-state index in [1.165, 1.54) is 17.7 Å². The number of hydrogen-bond acceptors (Lipinski definition) is 4. The third-order valence-corrected chi connectivity index (χ3v) is 5.67. The van der Waals surface area contributed by atoms with Gasteiger partial charge in [-0.25, -0.2) is 0 Å². The van der Waals surface area contributed by atoms with Crippen LogP contribution in [0.2, 0.25) is 0 Å². The minimum Gasteiger partial charge on any atom is -0.307 e. The first-order chi connectivity index (χ1) is 11.6. The number of carbonyl (C=O) groups excluding carboxylic acids is 2. The Morgan fingerprint density at radius 2 is 2.29 bits per heavy atom. The Balaban J connectivity index is 1.49. The summed E-state index contributed by atoms with van der Waals surface area (Å²) in [5.74, 6) is 0.942. The fraction of sp³-hybridized carbons (Fsp3) is 0.471. The van der Waals surface area contributed by atoms with Gasteiger partial charge in [-0.2, -0.15) is 5.10 Å². The first-order valence-electron chi connectivity index (χ1n) is 8.35. The molecule has 2 N–H and O–H groups in total. The van der Waals surface area contributed by atoms with Crippen LogP contribution in [-0.2, 0) is 16.0 Å². The molecule has 0 atom stereocenters. The van der Waals surface area contributed by atoms with Crippen LogP contribution in [0.1, 0.15) is 47.7 Å². The standard InChI is InChI=1S/C17H20N4O2S/c1-10-16(11-5-6-11)19-20-17(10)18-14(22)9-21-12-7-8-24-13(12)3-2-4-15(21)23/h7-8,11H,2-6,9H2,1H3,(H2,18,19,20,22). The molecule has 2 amide bonds. The second-order valence-electron chi connectivity index (χ2n) is 6.50. The van der Waals surface area contributed by atoms with Crippen molar-refractivity contribution < 1.29 is 9.59 Å². The SMILES string of the molecule is Cc1c(NC(=O)CN2C(=O)CCCc3sccc32)n[nH]c1C1CC1. The summed E-state index contributed by atoms with van der Waals surface area (Å²) in [5.41, 5.74) is 3.01. The molecule has 0 unspecified atom stereocenters. The van der Waals surface area contributed by atoms with Crippen molar-refractivity contribution in [2.45, 2.75) is 44.9 Å². The fourth-order valence-corrected chi connectivity index (χ4v) is 4.14. The fourth-order valence-electron chi connectivity index (χ4n) is 3.22. The van der Waals surface area contributed by atoms with Gasteiger partial charge in [0.25, 0.3) is 0 Å². The minimum atomic E-state index is -0.209. The van der Waals surface area contributed by atoms with Gasteiger partial charge in [-0.15, -0.1) is 11.3 Å². The third-order valence-electron chi connectivity index (χ3n) is 4.70. The number of nitrogens with zero attached hydrogens (tertiary/aromatic N) is 2. The van der Waals surface area contributed by atoms with E-state index in [0.717, 1.165) is 29.8 Å². The van der Waals surface area contributed by atoms with Crippen LogP contribution in [0, 0.1) is 6.92 Å². The second kappa shape index (κ2) is 6.05. The highest BCUT2D eigenvalue weighted by atomic mass is 32.1. The average molecular weight is 344 g/mol. The maximum Gasteiger partial charge on any atom is 0.245 e. The van der Waals surface area contributed by atoms with Crippen LogP contribution < -0.4 is 10.2 Å². The molecule has 0 spiro atoms. The average Bonchev–Trinajstić information content (AvgIpc) is 3.22. The third kappa shape index (κ3) is 2.84. The smallest absolute Gasteiger partial charge is 0.245 e. The summed E-state index contributed by atoms with van der Waals surface area (Å²) >= 11 is 1.65. The van der Waals surface area contributed by atoms with Gasteiger partial charge in [-0.05, 0) is 44.1 Å². The van der Waals surface area contributed by atoms with Crippen molar-refractivity contribution in [3.8, 4) is 0 Å². The summed E-state index contributed by atoms with van der Waals surface area (Å²) in [7, 11) is 0. The van der Waals surface area contributed by atoms with E-state index in [2.05, 4.69) is 15.5 Å². The highest BCUT2D eigenvalue weighted by molar-refractivity contribution is 7.10. The van der Waals surface area contributed by atoms with Gasteiger partial charge in [0.05, 0.1) is 5.69 Å². The van der Waals surface area contributed by atoms with Crippen molar-refractivity contribution in [2.24, 2.45) is 0 Å². The number of anilines is 2. The monoisotopic (exact) mass is 344 g/mol. The van der Waals surface area contributed by atoms with E-state index in [1.807, 2.05) is 18.4 Å². The van der Waals surface area contributed by atoms with E-state index in [9.17, 15) is 9.59 Å². The number of amides is 2. The molecule has 2 aliphatic rings. The number of aryl methyl sites for hydroxylation is 1. The number of H-pyrrole nitrogens is 1. The van der Waals surface area contributed by atoms with E-state index in [4.69, 9.17) is 0 Å². The van der Waals surface area contributed by atoms with Gasteiger partial charge in [-0.1, -0.05) is 0 Å². The van der Waals surface area contributed by atoms with Crippen LogP contribution in [0.3, 0.4) is 0 Å². The van der Waals surface area contributed by atoms with E-state index in [1.54, 1.807) is 16.2 Å². The molecule has 0 saturated heterocycles. The van der Waals surface area contributed by atoms with Crippen molar-refractivity contribution in [3.05, 3.63) is 27.6 Å². The van der Waals surface area contributed by atoms with Gasteiger partial charge in [-0.3, -0.25) is 14.7 Å². The quantitative estimate of drug-likeness (QED) is 0.895. The van der Waals surface area contributed by atoms with Crippen LogP contribution in [0.4, 0.5) is 11.5 Å². The molecular formula is C17H20N4O2S. The number of carbonyl (C=O) groups is 2. The largest absolute Gasteiger partial charge is 0.307 e. The van der Waals surface area contributed by atoms with Gasteiger partial charge in [0, 0.05) is 28.5 Å². The number of thiophene rings is 1. The molecule has 0 aromatic carbocycles. The van der Waals surface area contributed by atoms with Gasteiger partial charge < -0.3 is 10.2 Å². The Kier molecular flexibility index (Phi) is 3.88. The van der Waals surface area contributed by atoms with Crippen LogP contribution >= 0.6 is 11.3 Å². The lowest BCUT2D eigenvalue weighted by Crippen LogP contribution is -2.37. The summed E-state index contributed by atoms with van der Waals surface area (Å²) in [4.78, 5) is 27.6. The Morgan fingerprint density at radius 1 is 1.46 bits per heavy atom. The molecule has 1 aliphatic carbocycles. The lowest BCUT2D eigenvalue weighted by Gasteiger charge is -2.20. The van der Waals surface area contributed by atoms with Crippen molar-refractivity contribution in [1.29, 1.82) is 0 Å². The molecule has 1 aliphatic heterocycles. The number of aromatic nitrogens is 2. The van der Waals surface area contributed by atoms with E-state index < -0.39 is 0 Å². The molecule has 0 bridgehead atoms. The molecule has 2 aromatic heterocycles. The molecule has 1 saturated carbocycles. The second-order valence-corrected chi connectivity index (χ2v) is 7.50. The summed E-state index contributed by atoms with van der Waals surface area (Å²) < 4.78 is 0. The molecule has 3 heterocycles. The van der Waals surface area contributed by atoms with Crippen molar-refractivity contribution in [1.82, 2.24) is 10.2 Å². The summed E-state index contributed by atoms with van der Waals surface area (Å²) in [5, 5.41) is 12.1. The predicted molar refractivity (Wildman–Crippen MR) is 93.5 cm³/mol. The number of hydrogen-bond donors (Lipinski definition) is 2. The molecule has 4 rings (SSSR count). The Morgan fingerprint density at radius 3 is 3.08 bits per heavy atom. The first kappa shape index (κ1) is 15.4. The summed E-state index contributed by atoms with van der Waals surface area (Å²) in [6.45, 7) is 2.01. The lowest BCUT2D eigenvalue weighted by molar-refractivity contribution is -0.121. The Labute approximate surface area is 144 Å². The van der Waals surface area contributed by atoms with Crippen LogP contribution in [-0.4, -0.2) is 28.6 Å². The number of rotatable bonds is 4. The lowest BCUT2D eigenvalue weighted by atomic mass is 10.2. The van der Waals surface area contributed by atoms with E-state index in [-0.39, 0.29) is 18.4 Å². The highest BCUT2D eigenvalue weighted by Crippen LogP contribution is 2.41. The normalized spacial score (nSPS) is 17.5. The minimum absolute atomic E-state index is 0.0136. The van der Waals surface area contributed by atoms with Crippen molar-refractivity contribution in [3.63, 3.8) is 0 Å². The van der Waals surface area contributed by atoms with Crippen LogP contribution in [0.5, 0.6) is 0 Å². The van der Waals surface area contributed by atoms with E-state index >= 15 is 0 Å². The van der Waals surface area contributed by atoms with Crippen LogP contribution in [0.15, 0.2) is 11.4 Å². The maximum atomic E-state index is 12.5. The summed E-state index contributed by atoms with van der Waals surface area (Å²) in [6, 6.07) is 1.93. The molecule has 24 heavy (non-hydrogen) atoms. The summed E-state index contributed by atoms with van der Waals surface area (Å²) in [6.07, 6.45) is 4.59.